The Morgan fingerprint density at radius 3 is 2.30 bits per heavy atom. The summed E-state index contributed by atoms with van der Waals surface area (Å²) in [5.74, 6) is -0.361. The number of carbonyl (C=O) groups excluding carboxylic acids is 1. The normalized spacial score (nSPS) is 15.0. The van der Waals surface area contributed by atoms with Gasteiger partial charge in [-0.1, -0.05) is 42.5 Å². The lowest BCUT2D eigenvalue weighted by atomic mass is 9.89. The fourth-order valence-corrected chi connectivity index (χ4v) is 5.40. The summed E-state index contributed by atoms with van der Waals surface area (Å²) in [5, 5.41) is 3.85. The van der Waals surface area contributed by atoms with Crippen LogP contribution >= 0.6 is 0 Å². The SMILES string of the molecule is NC(=O)Cc1cnn(-c2cccc(-c3ccccc3OCc3ccc(C4CCN(CC(F)(F)F)CC4)cc3)n2)c1C(F)(F)F. The Bertz CT molecular complexity index is 1590. The number of primary amides is 1. The molecule has 0 bridgehead atoms. The van der Waals surface area contributed by atoms with Gasteiger partial charge >= 0.3 is 12.4 Å². The number of para-hydroxylation sites is 1. The number of nitrogens with two attached hydrogens (primary N) is 1. The lowest BCUT2D eigenvalue weighted by molar-refractivity contribution is -0.148. The second-order valence-corrected chi connectivity index (χ2v) is 10.6. The number of hydrogen-bond acceptors (Lipinski definition) is 5. The van der Waals surface area contributed by atoms with Gasteiger partial charge in [-0.15, -0.1) is 0 Å². The summed E-state index contributed by atoms with van der Waals surface area (Å²) in [4.78, 5) is 17.2. The highest BCUT2D eigenvalue weighted by atomic mass is 19.4. The van der Waals surface area contributed by atoms with Gasteiger partial charge in [0.15, 0.2) is 11.5 Å². The van der Waals surface area contributed by atoms with Crippen molar-refractivity contribution in [3.63, 3.8) is 0 Å². The molecule has 0 atom stereocenters. The Morgan fingerprint density at radius 1 is 0.932 bits per heavy atom. The molecule has 1 saturated heterocycles. The highest BCUT2D eigenvalue weighted by molar-refractivity contribution is 5.77. The highest BCUT2D eigenvalue weighted by Gasteiger charge is 2.39. The summed E-state index contributed by atoms with van der Waals surface area (Å²) in [6.07, 6.45) is -7.35. The van der Waals surface area contributed by atoms with Crippen molar-refractivity contribution in [2.75, 3.05) is 19.6 Å². The Morgan fingerprint density at radius 2 is 1.64 bits per heavy atom. The molecule has 44 heavy (non-hydrogen) atoms. The number of amides is 1. The number of carbonyl (C=O) groups is 1. The second-order valence-electron chi connectivity index (χ2n) is 10.6. The molecule has 1 amide bonds. The van der Waals surface area contributed by atoms with Crippen LogP contribution in [-0.2, 0) is 24.0 Å². The maximum atomic E-state index is 13.9. The third-order valence-corrected chi connectivity index (χ3v) is 7.43. The van der Waals surface area contributed by atoms with Crippen LogP contribution in [0.25, 0.3) is 17.1 Å². The van der Waals surface area contributed by atoms with E-state index in [4.69, 9.17) is 10.5 Å². The molecule has 7 nitrogen and oxygen atoms in total. The number of rotatable bonds is 9. The molecule has 0 unspecified atom stereocenters. The van der Waals surface area contributed by atoms with Gasteiger partial charge < -0.3 is 10.5 Å². The van der Waals surface area contributed by atoms with Crippen LogP contribution < -0.4 is 10.5 Å². The number of hydrogen-bond donors (Lipinski definition) is 1. The van der Waals surface area contributed by atoms with E-state index in [1.54, 1.807) is 36.4 Å². The summed E-state index contributed by atoms with van der Waals surface area (Å²) in [5.41, 5.74) is 6.49. The number of benzene rings is 2. The van der Waals surface area contributed by atoms with Crippen molar-refractivity contribution in [1.29, 1.82) is 0 Å². The molecule has 0 aliphatic carbocycles. The molecule has 5 rings (SSSR count). The van der Waals surface area contributed by atoms with E-state index in [0.29, 0.717) is 47.6 Å². The molecule has 0 saturated carbocycles. The van der Waals surface area contributed by atoms with Gasteiger partial charge in [0.2, 0.25) is 5.91 Å². The first-order chi connectivity index (χ1) is 20.9. The number of piperidine rings is 1. The van der Waals surface area contributed by atoms with Gasteiger partial charge in [0, 0.05) is 11.1 Å². The quantitative estimate of drug-likeness (QED) is 0.223. The highest BCUT2D eigenvalue weighted by Crippen LogP contribution is 2.35. The third kappa shape index (κ3) is 7.57. The van der Waals surface area contributed by atoms with E-state index in [9.17, 15) is 31.1 Å². The van der Waals surface area contributed by atoms with Crippen LogP contribution in [0.5, 0.6) is 5.75 Å². The number of alkyl halides is 6. The zero-order valence-electron chi connectivity index (χ0n) is 23.4. The largest absolute Gasteiger partial charge is 0.488 e. The van der Waals surface area contributed by atoms with Crippen molar-refractivity contribution < 1.29 is 35.9 Å². The molecule has 232 valence electrons. The number of ether oxygens (including phenoxy) is 1. The Labute approximate surface area is 249 Å². The van der Waals surface area contributed by atoms with Crippen molar-refractivity contribution in [2.45, 2.75) is 44.1 Å². The number of pyridine rings is 1. The minimum absolute atomic E-state index is 0.0971. The van der Waals surface area contributed by atoms with Crippen LogP contribution in [0.2, 0.25) is 0 Å². The first-order valence-electron chi connectivity index (χ1n) is 13.9. The molecule has 1 aliphatic heterocycles. The summed E-state index contributed by atoms with van der Waals surface area (Å²) >= 11 is 0. The van der Waals surface area contributed by atoms with Crippen LogP contribution in [-0.4, -0.2) is 51.4 Å². The monoisotopic (exact) mass is 617 g/mol. The van der Waals surface area contributed by atoms with E-state index in [2.05, 4.69) is 10.1 Å². The van der Waals surface area contributed by atoms with Crippen molar-refractivity contribution >= 4 is 5.91 Å². The molecule has 13 heteroatoms. The van der Waals surface area contributed by atoms with Crippen LogP contribution in [0.1, 0.15) is 41.1 Å². The molecule has 1 fully saturated rings. The lowest BCUT2D eigenvalue weighted by Gasteiger charge is -2.32. The molecule has 2 aromatic carbocycles. The average molecular weight is 618 g/mol. The molecule has 2 N–H and O–H groups in total. The van der Waals surface area contributed by atoms with Crippen LogP contribution in [0.4, 0.5) is 26.3 Å². The van der Waals surface area contributed by atoms with Gasteiger partial charge in [-0.2, -0.15) is 31.4 Å². The molecular weight excluding hydrogens is 588 g/mol. The number of likely N-dealkylation sites (tertiary alicyclic amines) is 1. The summed E-state index contributed by atoms with van der Waals surface area (Å²) in [6.45, 7) is 0.114. The lowest BCUT2D eigenvalue weighted by Crippen LogP contribution is -2.39. The molecular formula is C31H29F6N5O2. The van der Waals surface area contributed by atoms with Crippen molar-refractivity contribution in [3.8, 4) is 22.8 Å². The fourth-order valence-electron chi connectivity index (χ4n) is 5.40. The Hall–Kier alpha value is -4.39. The zero-order valence-corrected chi connectivity index (χ0v) is 23.4. The van der Waals surface area contributed by atoms with Gasteiger partial charge in [-0.3, -0.25) is 9.69 Å². The first-order valence-corrected chi connectivity index (χ1v) is 13.9. The van der Waals surface area contributed by atoms with Gasteiger partial charge in [0.05, 0.1) is 24.9 Å². The van der Waals surface area contributed by atoms with Crippen molar-refractivity contribution in [3.05, 3.63) is 95.3 Å². The predicted molar refractivity (Wildman–Crippen MR) is 150 cm³/mol. The van der Waals surface area contributed by atoms with Gasteiger partial charge in [-0.25, -0.2) is 9.67 Å². The second kappa shape index (κ2) is 12.7. The van der Waals surface area contributed by atoms with Gasteiger partial charge in [0.1, 0.15) is 12.4 Å². The smallest absolute Gasteiger partial charge is 0.433 e. The molecule has 4 aromatic rings. The first kappa shape index (κ1) is 31.0. The summed E-state index contributed by atoms with van der Waals surface area (Å²) < 4.78 is 86.6. The summed E-state index contributed by atoms with van der Waals surface area (Å²) in [6, 6.07) is 19.3. The molecule has 2 aromatic heterocycles. The molecule has 1 aliphatic rings. The fraction of sp³-hybridized carbons (Fsp3) is 0.323. The number of nitrogens with zero attached hydrogens (tertiary/aromatic N) is 4. The van der Waals surface area contributed by atoms with E-state index < -0.39 is 36.9 Å². The topological polar surface area (TPSA) is 86.3 Å². The van der Waals surface area contributed by atoms with Crippen LogP contribution in [0, 0.1) is 0 Å². The molecule has 0 radical (unpaired) electrons. The van der Waals surface area contributed by atoms with Gasteiger partial charge in [-0.05, 0) is 67.2 Å². The number of halogens is 6. The van der Waals surface area contributed by atoms with Crippen LogP contribution in [0.3, 0.4) is 0 Å². The van der Waals surface area contributed by atoms with E-state index in [1.165, 1.54) is 11.0 Å². The minimum atomic E-state index is -4.81. The Kier molecular flexibility index (Phi) is 8.95. The van der Waals surface area contributed by atoms with Crippen molar-refractivity contribution in [1.82, 2.24) is 19.7 Å². The van der Waals surface area contributed by atoms with E-state index in [1.807, 2.05) is 24.3 Å². The standard InChI is InChI=1S/C31H29F6N5O2/c32-30(33,34)19-41-14-12-22(13-15-41)21-10-8-20(9-11-21)18-44-26-6-2-1-4-24(26)25-5-3-7-28(40-25)42-29(31(35,36)37)23(17-39-42)16-27(38)43/h1-11,17,22H,12-16,18-19H2,(H2,38,43). The third-order valence-electron chi connectivity index (χ3n) is 7.43. The van der Waals surface area contributed by atoms with Gasteiger partial charge in [0.25, 0.3) is 0 Å². The van der Waals surface area contributed by atoms with Crippen LogP contribution in [0.15, 0.2) is 72.9 Å². The summed E-state index contributed by atoms with van der Waals surface area (Å²) in [7, 11) is 0. The van der Waals surface area contributed by atoms with E-state index in [0.717, 1.165) is 17.3 Å². The average Bonchev–Trinajstić information content (AvgIpc) is 3.40. The molecule has 3 heterocycles. The van der Waals surface area contributed by atoms with E-state index in [-0.39, 0.29) is 23.9 Å². The van der Waals surface area contributed by atoms with Crippen molar-refractivity contribution in [2.24, 2.45) is 5.73 Å². The van der Waals surface area contributed by atoms with E-state index >= 15 is 0 Å². The molecule has 0 spiro atoms. The predicted octanol–water partition coefficient (Wildman–Crippen LogP) is 6.30. The zero-order chi connectivity index (χ0) is 31.5. The maximum Gasteiger partial charge on any atom is 0.433 e. The minimum Gasteiger partial charge on any atom is -0.488 e. The maximum absolute atomic E-state index is 13.9. The number of aromatic nitrogens is 3. The Balaban J connectivity index is 1.29.